The van der Waals surface area contributed by atoms with Crippen molar-refractivity contribution in [2.24, 2.45) is 0 Å². The minimum absolute atomic E-state index is 0.406. The highest BCUT2D eigenvalue weighted by Crippen LogP contribution is 2.34. The molecular weight excluding hydrogens is 402 g/mol. The Morgan fingerprint density at radius 2 is 1.93 bits per heavy atom. The van der Waals surface area contributed by atoms with E-state index in [1.54, 1.807) is 23.7 Å². The molecule has 6 aromatic rings. The molecule has 0 aliphatic carbocycles. The van der Waals surface area contributed by atoms with Gasteiger partial charge in [-0.3, -0.25) is 0 Å². The van der Waals surface area contributed by atoms with Crippen molar-refractivity contribution in [1.82, 2.24) is 15.0 Å². The molecular formula is C22H15N3O4S. The molecule has 0 amide bonds. The Morgan fingerprint density at radius 1 is 1.07 bits per heavy atom. The number of ether oxygens (including phenoxy) is 1. The van der Waals surface area contributed by atoms with Crippen molar-refractivity contribution in [3.8, 4) is 17.3 Å². The zero-order chi connectivity index (χ0) is 20.5. The van der Waals surface area contributed by atoms with Crippen LogP contribution in [-0.2, 0) is 0 Å². The van der Waals surface area contributed by atoms with E-state index in [1.165, 1.54) is 13.2 Å². The van der Waals surface area contributed by atoms with Crippen molar-refractivity contribution in [3.63, 3.8) is 0 Å². The van der Waals surface area contributed by atoms with E-state index in [1.807, 2.05) is 47.3 Å². The molecule has 0 unspecified atom stereocenters. The number of nitrogens with one attached hydrogen (secondary N) is 1. The molecule has 0 aliphatic heterocycles. The number of aromatic nitrogens is 3. The molecule has 7 nitrogen and oxygen atoms in total. The minimum Gasteiger partial charge on any atom is -0.490 e. The van der Waals surface area contributed by atoms with Crippen LogP contribution in [0.4, 0.5) is 0 Å². The molecule has 0 aliphatic rings. The lowest BCUT2D eigenvalue weighted by molar-refractivity contribution is 0.403. The molecule has 4 aromatic heterocycles. The molecule has 0 fully saturated rings. The van der Waals surface area contributed by atoms with Crippen molar-refractivity contribution < 1.29 is 13.6 Å². The number of para-hydroxylation sites is 2. The molecule has 30 heavy (non-hydrogen) atoms. The maximum absolute atomic E-state index is 11.2. The summed E-state index contributed by atoms with van der Waals surface area (Å²) in [5, 5.41) is 3.71. The number of nitrogens with zero attached hydrogens (tertiary/aromatic N) is 2. The first kappa shape index (κ1) is 18.1. The first-order valence-electron chi connectivity index (χ1n) is 9.04. The van der Waals surface area contributed by atoms with Crippen molar-refractivity contribution in [2.45, 2.75) is 0 Å². The first-order chi connectivity index (χ1) is 14.7. The van der Waals surface area contributed by atoms with Crippen molar-refractivity contribution in [1.29, 1.82) is 0 Å². The Bertz CT molecular complexity index is 1480. The SMILES string of the molecule is COc1c2occc2cc2ccc(=O)oc12.c1ccc2[nH]c(-c3cscn3)nc2c1. The van der Waals surface area contributed by atoms with Crippen LogP contribution in [0, 0.1) is 0 Å². The molecule has 0 saturated carbocycles. The number of hydrogen-bond donors (Lipinski definition) is 1. The van der Waals surface area contributed by atoms with E-state index in [2.05, 4.69) is 15.0 Å². The Kier molecular flexibility index (Phi) is 4.53. The van der Waals surface area contributed by atoms with Crippen LogP contribution >= 0.6 is 11.3 Å². The van der Waals surface area contributed by atoms with Crippen LogP contribution in [0.25, 0.3) is 44.5 Å². The summed E-state index contributed by atoms with van der Waals surface area (Å²) in [7, 11) is 1.52. The highest BCUT2D eigenvalue weighted by atomic mass is 32.1. The van der Waals surface area contributed by atoms with Crippen LogP contribution < -0.4 is 10.4 Å². The number of benzene rings is 2. The smallest absolute Gasteiger partial charge is 0.336 e. The minimum atomic E-state index is -0.406. The third-order valence-electron chi connectivity index (χ3n) is 4.55. The summed E-state index contributed by atoms with van der Waals surface area (Å²) in [5.41, 5.74) is 5.35. The standard InChI is InChI=1S/C12H8O4.C10H7N3S/c1-14-12-10-8(4-5-15-10)6-7-2-3-9(13)16-11(7)12;1-2-4-8-7(3-1)12-10(13-8)9-5-14-6-11-9/h2-6H,1H3;1-6H,(H,12,13). The van der Waals surface area contributed by atoms with Gasteiger partial charge in [-0.1, -0.05) is 12.1 Å². The van der Waals surface area contributed by atoms with E-state index >= 15 is 0 Å². The van der Waals surface area contributed by atoms with E-state index in [0.29, 0.717) is 16.9 Å². The quantitative estimate of drug-likeness (QED) is 0.388. The summed E-state index contributed by atoms with van der Waals surface area (Å²) >= 11 is 1.57. The second-order valence-electron chi connectivity index (χ2n) is 6.40. The predicted octanol–water partition coefficient (Wildman–Crippen LogP) is 5.23. The zero-order valence-electron chi connectivity index (χ0n) is 15.8. The molecule has 0 saturated heterocycles. The highest BCUT2D eigenvalue weighted by molar-refractivity contribution is 7.07. The van der Waals surface area contributed by atoms with E-state index in [4.69, 9.17) is 13.6 Å². The maximum Gasteiger partial charge on any atom is 0.336 e. The van der Waals surface area contributed by atoms with Gasteiger partial charge < -0.3 is 18.6 Å². The van der Waals surface area contributed by atoms with Gasteiger partial charge >= 0.3 is 5.63 Å². The number of aromatic amines is 1. The van der Waals surface area contributed by atoms with Crippen LogP contribution in [0.2, 0.25) is 0 Å². The van der Waals surface area contributed by atoms with Gasteiger partial charge in [0.15, 0.2) is 17.0 Å². The van der Waals surface area contributed by atoms with Gasteiger partial charge in [0.1, 0.15) is 5.69 Å². The molecule has 4 heterocycles. The lowest BCUT2D eigenvalue weighted by Crippen LogP contribution is -1.96. The number of rotatable bonds is 2. The Balaban J connectivity index is 0.000000130. The number of methoxy groups -OCH3 is 1. The number of furan rings is 1. The zero-order valence-corrected chi connectivity index (χ0v) is 16.6. The van der Waals surface area contributed by atoms with Crippen LogP contribution in [0.1, 0.15) is 0 Å². The second-order valence-corrected chi connectivity index (χ2v) is 7.12. The molecule has 0 radical (unpaired) electrons. The molecule has 8 heteroatoms. The summed E-state index contributed by atoms with van der Waals surface area (Å²) in [6.45, 7) is 0. The normalized spacial score (nSPS) is 11.0. The number of hydrogen-bond acceptors (Lipinski definition) is 7. The molecule has 1 N–H and O–H groups in total. The Hall–Kier alpha value is -3.91. The van der Waals surface area contributed by atoms with Gasteiger partial charge in [-0.25, -0.2) is 14.8 Å². The summed E-state index contributed by atoms with van der Waals surface area (Å²) in [4.78, 5) is 23.1. The molecule has 0 bridgehead atoms. The fraction of sp³-hybridized carbons (Fsp3) is 0.0455. The molecule has 6 rings (SSSR count). The Labute approximate surface area is 173 Å². The number of thiazole rings is 1. The number of imidazole rings is 1. The van der Waals surface area contributed by atoms with Gasteiger partial charge in [0.2, 0.25) is 5.75 Å². The van der Waals surface area contributed by atoms with Gasteiger partial charge in [-0.2, -0.15) is 0 Å². The van der Waals surface area contributed by atoms with Crippen LogP contribution in [-0.4, -0.2) is 22.1 Å². The van der Waals surface area contributed by atoms with Gasteiger partial charge in [0.25, 0.3) is 0 Å². The van der Waals surface area contributed by atoms with Crippen LogP contribution in [0.15, 0.2) is 79.3 Å². The van der Waals surface area contributed by atoms with Gasteiger partial charge in [0.05, 0.1) is 29.9 Å². The lowest BCUT2D eigenvalue weighted by atomic mass is 10.1. The van der Waals surface area contributed by atoms with E-state index in [0.717, 1.165) is 33.3 Å². The van der Waals surface area contributed by atoms with Gasteiger partial charge in [-0.05, 0) is 30.3 Å². The average molecular weight is 417 g/mol. The molecule has 148 valence electrons. The Morgan fingerprint density at radius 3 is 2.73 bits per heavy atom. The lowest BCUT2D eigenvalue weighted by Gasteiger charge is -2.03. The predicted molar refractivity (Wildman–Crippen MR) is 116 cm³/mol. The third-order valence-corrected chi connectivity index (χ3v) is 5.14. The first-order valence-corrected chi connectivity index (χ1v) is 9.98. The fourth-order valence-electron chi connectivity index (χ4n) is 3.20. The monoisotopic (exact) mass is 417 g/mol. The summed E-state index contributed by atoms with van der Waals surface area (Å²) in [6, 6.07) is 14.8. The van der Waals surface area contributed by atoms with Crippen molar-refractivity contribution in [2.75, 3.05) is 7.11 Å². The number of H-pyrrole nitrogens is 1. The highest BCUT2D eigenvalue weighted by Gasteiger charge is 2.13. The van der Waals surface area contributed by atoms with E-state index < -0.39 is 5.63 Å². The van der Waals surface area contributed by atoms with E-state index in [-0.39, 0.29) is 0 Å². The summed E-state index contributed by atoms with van der Waals surface area (Å²) in [5.74, 6) is 1.29. The van der Waals surface area contributed by atoms with Gasteiger partial charge in [-0.15, -0.1) is 11.3 Å². The number of fused-ring (bicyclic) bond motifs is 3. The van der Waals surface area contributed by atoms with Crippen molar-refractivity contribution >= 4 is 44.3 Å². The second kappa shape index (κ2) is 7.49. The van der Waals surface area contributed by atoms with Crippen molar-refractivity contribution in [3.05, 3.63) is 76.1 Å². The summed E-state index contributed by atoms with van der Waals surface area (Å²) in [6.07, 6.45) is 1.57. The fourth-order valence-corrected chi connectivity index (χ4v) is 3.73. The maximum atomic E-state index is 11.2. The largest absolute Gasteiger partial charge is 0.490 e. The molecule has 0 atom stereocenters. The van der Waals surface area contributed by atoms with Crippen LogP contribution in [0.3, 0.4) is 0 Å². The van der Waals surface area contributed by atoms with Crippen LogP contribution in [0.5, 0.6) is 5.75 Å². The molecule has 0 spiro atoms. The third kappa shape index (κ3) is 3.23. The van der Waals surface area contributed by atoms with E-state index in [9.17, 15) is 4.79 Å². The van der Waals surface area contributed by atoms with Gasteiger partial charge in [0, 0.05) is 22.2 Å². The molecule has 2 aromatic carbocycles. The average Bonchev–Trinajstić information content (AvgIpc) is 3.52. The summed E-state index contributed by atoms with van der Waals surface area (Å²) < 4.78 is 15.6. The topological polar surface area (TPSA) is 94.2 Å².